The van der Waals surface area contributed by atoms with E-state index in [-0.39, 0.29) is 0 Å². The average molecular weight is 562 g/mol. The van der Waals surface area contributed by atoms with Crippen LogP contribution in [0.3, 0.4) is 0 Å². The van der Waals surface area contributed by atoms with Gasteiger partial charge in [-0.25, -0.2) is 0 Å². The summed E-state index contributed by atoms with van der Waals surface area (Å²) in [5.41, 5.74) is 17.6. The van der Waals surface area contributed by atoms with Crippen LogP contribution in [-0.2, 0) is 28.5 Å². The Hall–Kier alpha value is -1.17. The summed E-state index contributed by atoms with van der Waals surface area (Å²) in [4.78, 5) is 9.00. The third-order valence-corrected chi connectivity index (χ3v) is 6.33. The maximum absolute atomic E-state index is 10.8. The van der Waals surface area contributed by atoms with E-state index in [9.17, 15) is 40.9 Å². The first-order valence-electron chi connectivity index (χ1n) is 11.7. The minimum atomic E-state index is -1.56. The molecule has 0 amide bonds. The van der Waals surface area contributed by atoms with Gasteiger partial charge in [-0.2, -0.15) is 0 Å². The van der Waals surface area contributed by atoms with E-state index in [1.807, 2.05) is 0 Å². The van der Waals surface area contributed by atoms with Crippen LogP contribution in [0, 0.1) is 0 Å². The van der Waals surface area contributed by atoms with Gasteiger partial charge in [-0.1, -0.05) is 0 Å². The van der Waals surface area contributed by atoms with E-state index in [1.165, 1.54) is 0 Å². The van der Waals surface area contributed by atoms with Gasteiger partial charge in [0.25, 0.3) is 5.97 Å². The monoisotopic (exact) mass is 561 g/mol. The van der Waals surface area contributed by atoms with Crippen LogP contribution in [0.15, 0.2) is 0 Å². The lowest BCUT2D eigenvalue weighted by atomic mass is 9.94. The molecule has 3 heterocycles. The largest absolute Gasteiger partial charge is 0.481 e. The molecule has 2 unspecified atom stereocenters. The molecule has 0 aromatic heterocycles. The number of nitrogens with two attached hydrogens (primary N) is 3. The fourth-order valence-corrected chi connectivity index (χ4v) is 4.18. The molecule has 0 saturated carbocycles. The van der Waals surface area contributed by atoms with Gasteiger partial charge in [0.15, 0.2) is 18.9 Å². The smallest absolute Gasteiger partial charge is 0.300 e. The van der Waals surface area contributed by atoms with Crippen molar-refractivity contribution in [3.8, 4) is 0 Å². The molecule has 0 aromatic carbocycles. The highest BCUT2D eigenvalue weighted by molar-refractivity contribution is 5.62. The van der Waals surface area contributed by atoms with Crippen LogP contribution in [0.25, 0.3) is 0 Å². The molecule has 0 bridgehead atoms. The number of hydrogen-bond donors (Lipinski definition) is 12. The highest BCUT2D eigenvalue weighted by Crippen LogP contribution is 2.31. The van der Waals surface area contributed by atoms with E-state index >= 15 is 0 Å². The van der Waals surface area contributed by atoms with E-state index in [0.29, 0.717) is 0 Å². The van der Waals surface area contributed by atoms with Crippen LogP contribution in [-0.4, -0.2) is 164 Å². The summed E-state index contributed by atoms with van der Waals surface area (Å²) in [7, 11) is 0. The maximum atomic E-state index is 10.8. The first-order valence-corrected chi connectivity index (χ1v) is 11.7. The first kappa shape index (κ1) is 33.0. The zero-order valence-electron chi connectivity index (χ0n) is 20.5. The summed E-state index contributed by atoms with van der Waals surface area (Å²) in [5.74, 6) is -0.833. The summed E-state index contributed by atoms with van der Waals surface area (Å²) in [6.07, 6.45) is -16.8. The van der Waals surface area contributed by atoms with Gasteiger partial charge in [0.1, 0.15) is 54.9 Å². The van der Waals surface area contributed by atoms with Gasteiger partial charge >= 0.3 is 0 Å². The van der Waals surface area contributed by atoms with E-state index in [2.05, 4.69) is 0 Å². The first-order chi connectivity index (χ1) is 17.8. The van der Waals surface area contributed by atoms with E-state index < -0.39 is 118 Å². The minimum absolute atomic E-state index is 0.651. The Balaban J connectivity index is 0.00000118. The van der Waals surface area contributed by atoms with Crippen molar-refractivity contribution < 1.29 is 74.4 Å². The maximum Gasteiger partial charge on any atom is 0.300 e. The number of aliphatic hydroxyl groups excluding tert-OH is 8. The molecule has 0 radical (unpaired) electrons. The second-order valence-corrected chi connectivity index (χ2v) is 9.11. The second-order valence-electron chi connectivity index (χ2n) is 9.11. The van der Waals surface area contributed by atoms with Gasteiger partial charge in [-0.3, -0.25) is 4.79 Å². The van der Waals surface area contributed by atoms with Crippen LogP contribution < -0.4 is 17.2 Å². The second kappa shape index (κ2) is 14.5. The predicted octanol–water partition coefficient (Wildman–Crippen LogP) is -7.58. The highest BCUT2D eigenvalue weighted by atomic mass is 16.7. The molecule has 0 aliphatic carbocycles. The van der Waals surface area contributed by atoms with Gasteiger partial charge in [0, 0.05) is 6.92 Å². The summed E-state index contributed by atoms with van der Waals surface area (Å²) in [6.45, 7) is -0.916. The number of carboxylic acid groups (broad SMARTS) is 1. The minimum Gasteiger partial charge on any atom is -0.481 e. The third kappa shape index (κ3) is 7.52. The van der Waals surface area contributed by atoms with E-state index in [0.717, 1.165) is 6.92 Å². The molecule has 18 heteroatoms. The van der Waals surface area contributed by atoms with Crippen LogP contribution in [0.5, 0.6) is 0 Å². The molecule has 3 rings (SSSR count). The summed E-state index contributed by atoms with van der Waals surface area (Å²) < 4.78 is 27.4. The van der Waals surface area contributed by atoms with Gasteiger partial charge in [0.05, 0.1) is 37.9 Å². The number of rotatable bonds is 7. The van der Waals surface area contributed by atoms with Crippen molar-refractivity contribution >= 4 is 5.97 Å². The van der Waals surface area contributed by atoms with Gasteiger partial charge in [0.2, 0.25) is 0 Å². The molecule has 0 spiro atoms. The molecule has 18 nitrogen and oxygen atoms in total. The van der Waals surface area contributed by atoms with Crippen molar-refractivity contribution in [3.63, 3.8) is 0 Å². The van der Waals surface area contributed by atoms with E-state index in [1.54, 1.807) is 0 Å². The van der Waals surface area contributed by atoms with Crippen LogP contribution in [0.1, 0.15) is 6.92 Å². The SMILES string of the molecule is CC(=O)O.N[C@H]1[C@H](OC2[C@@H](CO)O[C@@H](OC3[C@@H](CO)O[C@@H](O)[C@H](N)[C@H]3O)[C@H](N)[C@H]2O)O[C@H](CO)[C@@H](O)[C@@H]1O. The number of carboxylic acids is 1. The molecule has 38 heavy (non-hydrogen) atoms. The topological polar surface area (TPSA) is 323 Å². The summed E-state index contributed by atoms with van der Waals surface area (Å²) in [5, 5.41) is 87.1. The van der Waals surface area contributed by atoms with Crippen molar-refractivity contribution in [1.29, 1.82) is 0 Å². The zero-order chi connectivity index (χ0) is 28.9. The Bertz CT molecular complexity index is 730. The third-order valence-electron chi connectivity index (χ3n) is 6.33. The molecule has 3 aliphatic rings. The lowest BCUT2D eigenvalue weighted by Crippen LogP contribution is -2.69. The normalized spacial score (nSPS) is 47.6. The zero-order valence-corrected chi connectivity index (χ0v) is 20.5. The summed E-state index contributed by atoms with van der Waals surface area (Å²) >= 11 is 0. The van der Waals surface area contributed by atoms with Crippen LogP contribution in [0.4, 0.5) is 0 Å². The summed E-state index contributed by atoms with van der Waals surface area (Å²) in [6, 6.07) is -3.87. The van der Waals surface area contributed by atoms with Crippen molar-refractivity contribution in [2.45, 2.75) is 98.9 Å². The van der Waals surface area contributed by atoms with Gasteiger partial charge in [-0.15, -0.1) is 0 Å². The molecular weight excluding hydrogens is 522 g/mol. The number of ether oxygens (including phenoxy) is 5. The molecule has 224 valence electrons. The number of aliphatic hydroxyl groups is 8. The average Bonchev–Trinajstić information content (AvgIpc) is 2.87. The quantitative estimate of drug-likeness (QED) is 0.137. The fraction of sp³-hybridized carbons (Fsp3) is 0.950. The molecule has 3 aliphatic heterocycles. The van der Waals surface area contributed by atoms with Gasteiger partial charge in [-0.05, 0) is 0 Å². The highest BCUT2D eigenvalue weighted by Gasteiger charge is 2.52. The van der Waals surface area contributed by atoms with Gasteiger partial charge < -0.3 is 86.8 Å². The lowest BCUT2D eigenvalue weighted by molar-refractivity contribution is -0.348. The van der Waals surface area contributed by atoms with Crippen LogP contribution in [0.2, 0.25) is 0 Å². The Morgan fingerprint density at radius 3 is 1.47 bits per heavy atom. The number of aliphatic carboxylic acids is 1. The van der Waals surface area contributed by atoms with Crippen LogP contribution >= 0.6 is 0 Å². The Kier molecular flexibility index (Phi) is 12.6. The van der Waals surface area contributed by atoms with Crippen molar-refractivity contribution in [2.24, 2.45) is 17.2 Å². The van der Waals surface area contributed by atoms with Crippen molar-refractivity contribution in [1.82, 2.24) is 0 Å². The predicted molar refractivity (Wildman–Crippen MR) is 120 cm³/mol. The Morgan fingerprint density at radius 2 is 1.03 bits per heavy atom. The molecule has 3 saturated heterocycles. The number of carbonyl (C=O) groups is 1. The molecule has 3 fully saturated rings. The molecule has 15 atom stereocenters. The lowest BCUT2D eigenvalue weighted by Gasteiger charge is -2.48. The Labute approximate surface area is 217 Å². The van der Waals surface area contributed by atoms with E-state index in [4.69, 9.17) is 50.8 Å². The molecular formula is C20H39N3O15. The Morgan fingerprint density at radius 1 is 0.658 bits per heavy atom. The molecule has 15 N–H and O–H groups in total. The number of hydrogen-bond acceptors (Lipinski definition) is 17. The van der Waals surface area contributed by atoms with Crippen molar-refractivity contribution in [3.05, 3.63) is 0 Å². The fourth-order valence-electron chi connectivity index (χ4n) is 4.18. The van der Waals surface area contributed by atoms with Crippen molar-refractivity contribution in [2.75, 3.05) is 19.8 Å². The molecule has 0 aromatic rings. The standard InChI is InChI=1S/C18H35N3O13.C2H4O2/c19-7-12(27)14(5(2-23)30-16(7)29)33-18-9(21)13(28)15(6(3-24)32-18)34-17-8(20)11(26)10(25)4(1-22)31-17;1-2(3)4/h4-18,22-29H,1-3,19-21H2;1H3,(H,3,4)/t4-,5-,6-,7-,8-,9-,10-,11-,12-,13-,14?,15?,16-,17+,18+;/m1./s1.